The minimum atomic E-state index is -0.503. The number of benzene rings is 2. The Kier molecular flexibility index (Phi) is 8.93. The average Bonchev–Trinajstić information content (AvgIpc) is 2.82. The van der Waals surface area contributed by atoms with E-state index in [1.54, 1.807) is 12.0 Å². The summed E-state index contributed by atoms with van der Waals surface area (Å²) in [6.07, 6.45) is 6.44. The molecule has 0 saturated heterocycles. The van der Waals surface area contributed by atoms with Gasteiger partial charge in [0.25, 0.3) is 0 Å². The van der Waals surface area contributed by atoms with Crippen LogP contribution in [0.25, 0.3) is 0 Å². The molecule has 2 aromatic carbocycles. The van der Waals surface area contributed by atoms with Crippen LogP contribution in [0.1, 0.15) is 67.7 Å². The first-order chi connectivity index (χ1) is 15.9. The summed E-state index contributed by atoms with van der Waals surface area (Å²) >= 11 is 0. The second-order valence-corrected chi connectivity index (χ2v) is 9.24. The van der Waals surface area contributed by atoms with Crippen molar-refractivity contribution in [2.24, 2.45) is 0 Å². The van der Waals surface area contributed by atoms with Gasteiger partial charge in [0.05, 0.1) is 13.5 Å². The van der Waals surface area contributed by atoms with E-state index in [0.717, 1.165) is 42.6 Å². The first-order valence-electron chi connectivity index (χ1n) is 12.2. The first kappa shape index (κ1) is 24.8. The Labute approximate surface area is 198 Å². The van der Waals surface area contributed by atoms with Crippen molar-refractivity contribution in [1.29, 1.82) is 0 Å². The van der Waals surface area contributed by atoms with Gasteiger partial charge in [-0.3, -0.25) is 9.59 Å². The molecule has 1 aliphatic rings. The predicted molar refractivity (Wildman–Crippen MR) is 132 cm³/mol. The van der Waals surface area contributed by atoms with Crippen LogP contribution in [0.2, 0.25) is 0 Å². The highest BCUT2D eigenvalue weighted by atomic mass is 16.5. The van der Waals surface area contributed by atoms with Gasteiger partial charge in [-0.1, -0.05) is 56.5 Å². The highest BCUT2D eigenvalue weighted by Gasteiger charge is 2.30. The Morgan fingerprint density at radius 1 is 1.03 bits per heavy atom. The number of methoxy groups -OCH3 is 1. The standard InChI is InChI=1S/C28H38N2O3/c1-5-26(28(32)29-24-11-7-6-8-12-24)30(19-23-10-9-13-25(17-23)33-4)27(31)18-22-15-14-20(2)21(3)16-22/h9-10,13-17,24,26H,5-8,11-12,18-19H2,1-4H3,(H,29,32)/t26-/m1/s1. The summed E-state index contributed by atoms with van der Waals surface area (Å²) in [5.41, 5.74) is 4.30. The fourth-order valence-electron chi connectivity index (χ4n) is 4.62. The fourth-order valence-corrected chi connectivity index (χ4v) is 4.62. The molecule has 0 radical (unpaired) electrons. The van der Waals surface area contributed by atoms with Gasteiger partial charge >= 0.3 is 0 Å². The van der Waals surface area contributed by atoms with Crippen molar-refractivity contribution in [1.82, 2.24) is 10.2 Å². The van der Waals surface area contributed by atoms with Gasteiger partial charge in [-0.2, -0.15) is 0 Å². The molecule has 0 aliphatic heterocycles. The number of carbonyl (C=O) groups is 2. The van der Waals surface area contributed by atoms with Crippen LogP contribution < -0.4 is 10.1 Å². The zero-order valence-electron chi connectivity index (χ0n) is 20.5. The Bertz CT molecular complexity index is 950. The first-order valence-corrected chi connectivity index (χ1v) is 12.2. The molecule has 1 aliphatic carbocycles. The van der Waals surface area contributed by atoms with Crippen LogP contribution in [0.3, 0.4) is 0 Å². The quantitative estimate of drug-likeness (QED) is 0.577. The Hall–Kier alpha value is -2.82. The highest BCUT2D eigenvalue weighted by molar-refractivity contribution is 5.88. The highest BCUT2D eigenvalue weighted by Crippen LogP contribution is 2.21. The monoisotopic (exact) mass is 450 g/mol. The number of nitrogens with zero attached hydrogens (tertiary/aromatic N) is 1. The Morgan fingerprint density at radius 2 is 1.79 bits per heavy atom. The lowest BCUT2D eigenvalue weighted by Crippen LogP contribution is -2.51. The van der Waals surface area contributed by atoms with Crippen molar-refractivity contribution in [3.05, 3.63) is 64.7 Å². The molecule has 0 unspecified atom stereocenters. The van der Waals surface area contributed by atoms with Crippen LogP contribution in [0.5, 0.6) is 5.75 Å². The molecule has 3 rings (SSSR count). The Morgan fingerprint density at radius 3 is 2.45 bits per heavy atom. The average molecular weight is 451 g/mol. The molecule has 5 nitrogen and oxygen atoms in total. The van der Waals surface area contributed by atoms with E-state index in [-0.39, 0.29) is 24.3 Å². The molecule has 0 bridgehead atoms. The molecule has 0 aromatic heterocycles. The smallest absolute Gasteiger partial charge is 0.243 e. The molecule has 1 N–H and O–H groups in total. The third kappa shape index (κ3) is 6.83. The summed E-state index contributed by atoms with van der Waals surface area (Å²) in [5.74, 6) is 0.668. The van der Waals surface area contributed by atoms with Gasteiger partial charge in [0.2, 0.25) is 11.8 Å². The number of amides is 2. The second kappa shape index (κ2) is 11.9. The predicted octanol–water partition coefficient (Wildman–Crippen LogP) is 5.11. The van der Waals surface area contributed by atoms with E-state index < -0.39 is 6.04 Å². The SMILES string of the molecule is CC[C@H](C(=O)NC1CCCCC1)N(Cc1cccc(OC)c1)C(=O)Cc1ccc(C)c(C)c1. The lowest BCUT2D eigenvalue weighted by Gasteiger charge is -2.33. The maximum absolute atomic E-state index is 13.6. The van der Waals surface area contributed by atoms with Crippen molar-refractivity contribution in [3.63, 3.8) is 0 Å². The lowest BCUT2D eigenvalue weighted by molar-refractivity contribution is -0.141. The summed E-state index contributed by atoms with van der Waals surface area (Å²) < 4.78 is 5.37. The van der Waals surface area contributed by atoms with Crippen molar-refractivity contribution in [2.75, 3.05) is 7.11 Å². The molecule has 1 saturated carbocycles. The molecule has 2 aromatic rings. The number of hydrogen-bond donors (Lipinski definition) is 1. The van der Waals surface area contributed by atoms with E-state index in [9.17, 15) is 9.59 Å². The molecule has 2 amide bonds. The molecule has 178 valence electrons. The molecule has 33 heavy (non-hydrogen) atoms. The van der Waals surface area contributed by atoms with Crippen LogP contribution in [-0.4, -0.2) is 35.9 Å². The van der Waals surface area contributed by atoms with E-state index >= 15 is 0 Å². The van der Waals surface area contributed by atoms with E-state index in [1.165, 1.54) is 17.5 Å². The fraction of sp³-hybridized carbons (Fsp3) is 0.500. The van der Waals surface area contributed by atoms with Crippen LogP contribution in [0.15, 0.2) is 42.5 Å². The largest absolute Gasteiger partial charge is 0.497 e. The van der Waals surface area contributed by atoms with Crippen molar-refractivity contribution < 1.29 is 14.3 Å². The maximum atomic E-state index is 13.6. The zero-order valence-corrected chi connectivity index (χ0v) is 20.5. The topological polar surface area (TPSA) is 58.6 Å². The summed E-state index contributed by atoms with van der Waals surface area (Å²) in [6, 6.07) is 13.6. The third-order valence-electron chi connectivity index (χ3n) is 6.75. The molecular weight excluding hydrogens is 412 g/mol. The summed E-state index contributed by atoms with van der Waals surface area (Å²) in [7, 11) is 1.63. The van der Waals surface area contributed by atoms with E-state index in [2.05, 4.69) is 31.3 Å². The van der Waals surface area contributed by atoms with Crippen LogP contribution >= 0.6 is 0 Å². The number of ether oxygens (including phenoxy) is 1. The summed E-state index contributed by atoms with van der Waals surface area (Å²) in [5, 5.41) is 3.24. The number of hydrogen-bond acceptors (Lipinski definition) is 3. The molecule has 1 atom stereocenters. The third-order valence-corrected chi connectivity index (χ3v) is 6.75. The molecule has 1 fully saturated rings. The molecular formula is C28H38N2O3. The van der Waals surface area contributed by atoms with Gasteiger partial charge in [-0.15, -0.1) is 0 Å². The zero-order chi connectivity index (χ0) is 23.8. The van der Waals surface area contributed by atoms with Gasteiger partial charge in [-0.25, -0.2) is 0 Å². The van der Waals surface area contributed by atoms with Crippen LogP contribution in [0.4, 0.5) is 0 Å². The van der Waals surface area contributed by atoms with Crippen LogP contribution in [-0.2, 0) is 22.6 Å². The minimum absolute atomic E-state index is 0.0354. The van der Waals surface area contributed by atoms with Crippen LogP contribution in [0, 0.1) is 13.8 Å². The van der Waals surface area contributed by atoms with E-state index in [1.807, 2.05) is 37.3 Å². The normalized spacial score (nSPS) is 15.0. The molecule has 5 heteroatoms. The van der Waals surface area contributed by atoms with E-state index in [0.29, 0.717) is 13.0 Å². The van der Waals surface area contributed by atoms with Crippen molar-refractivity contribution in [3.8, 4) is 5.75 Å². The summed E-state index contributed by atoms with van der Waals surface area (Å²) in [6.45, 7) is 6.48. The van der Waals surface area contributed by atoms with Crippen molar-refractivity contribution in [2.45, 2.75) is 84.3 Å². The molecule has 0 heterocycles. The van der Waals surface area contributed by atoms with Gasteiger partial charge in [0, 0.05) is 12.6 Å². The maximum Gasteiger partial charge on any atom is 0.243 e. The van der Waals surface area contributed by atoms with Gasteiger partial charge in [0.1, 0.15) is 11.8 Å². The van der Waals surface area contributed by atoms with Crippen molar-refractivity contribution >= 4 is 11.8 Å². The summed E-state index contributed by atoms with van der Waals surface area (Å²) in [4.78, 5) is 28.7. The minimum Gasteiger partial charge on any atom is -0.497 e. The number of rotatable bonds is 9. The number of carbonyl (C=O) groups excluding carboxylic acids is 2. The molecule has 0 spiro atoms. The van der Waals surface area contributed by atoms with Gasteiger partial charge in [-0.05, 0) is 67.5 Å². The van der Waals surface area contributed by atoms with Gasteiger partial charge in [0.15, 0.2) is 0 Å². The second-order valence-electron chi connectivity index (χ2n) is 9.24. The lowest BCUT2D eigenvalue weighted by atomic mass is 9.95. The van der Waals surface area contributed by atoms with Gasteiger partial charge < -0.3 is 15.0 Å². The number of aryl methyl sites for hydroxylation is 2. The Balaban J connectivity index is 1.83. The number of nitrogens with one attached hydrogen (secondary N) is 1. The van der Waals surface area contributed by atoms with E-state index in [4.69, 9.17) is 4.74 Å².